The molecule has 1 saturated heterocycles. The van der Waals surface area contributed by atoms with Gasteiger partial charge in [0.05, 0.1) is 0 Å². The summed E-state index contributed by atoms with van der Waals surface area (Å²) in [5, 5.41) is 3.72. The zero-order valence-corrected chi connectivity index (χ0v) is 12.7. The first-order chi connectivity index (χ1) is 7.84. The lowest BCUT2D eigenvalue weighted by atomic mass is 9.86. The van der Waals surface area contributed by atoms with Gasteiger partial charge < -0.3 is 10.2 Å². The first kappa shape index (κ1) is 15.0. The minimum Gasteiger partial charge on any atom is -0.312 e. The summed E-state index contributed by atoms with van der Waals surface area (Å²) < 4.78 is 0. The van der Waals surface area contributed by atoms with Crippen molar-refractivity contribution < 1.29 is 0 Å². The molecule has 1 N–H and O–H groups in total. The second-order valence-electron chi connectivity index (χ2n) is 7.05. The number of likely N-dealkylation sites (tertiary alicyclic amines) is 1. The number of nitrogens with zero attached hydrogens (tertiary/aromatic N) is 1. The van der Waals surface area contributed by atoms with Crippen LogP contribution in [0, 0.1) is 17.3 Å². The summed E-state index contributed by atoms with van der Waals surface area (Å²) in [6, 6.07) is 0.611. The van der Waals surface area contributed by atoms with Gasteiger partial charge in [0.25, 0.3) is 0 Å². The summed E-state index contributed by atoms with van der Waals surface area (Å²) in [5.74, 6) is 1.73. The SMILES string of the molecule is CCCNC(CN1CC(C)C(C)C1)C(C)(C)C. The molecule has 0 aromatic carbocycles. The van der Waals surface area contributed by atoms with Crippen LogP contribution in [0.5, 0.6) is 0 Å². The Morgan fingerprint density at radius 3 is 2.12 bits per heavy atom. The average Bonchev–Trinajstić information content (AvgIpc) is 2.51. The van der Waals surface area contributed by atoms with Gasteiger partial charge in [-0.3, -0.25) is 0 Å². The highest BCUT2D eigenvalue weighted by Crippen LogP contribution is 2.26. The van der Waals surface area contributed by atoms with Crippen molar-refractivity contribution in [2.24, 2.45) is 17.3 Å². The third-order valence-corrected chi connectivity index (χ3v) is 4.19. The maximum absolute atomic E-state index is 3.72. The molecule has 0 bridgehead atoms. The monoisotopic (exact) mass is 240 g/mol. The number of hydrogen-bond acceptors (Lipinski definition) is 2. The zero-order valence-electron chi connectivity index (χ0n) is 12.7. The molecule has 3 atom stereocenters. The lowest BCUT2D eigenvalue weighted by Gasteiger charge is -2.35. The summed E-state index contributed by atoms with van der Waals surface area (Å²) in [6.45, 7) is 19.0. The fraction of sp³-hybridized carbons (Fsp3) is 1.00. The summed E-state index contributed by atoms with van der Waals surface area (Å²) in [7, 11) is 0. The van der Waals surface area contributed by atoms with E-state index in [0.717, 1.165) is 18.4 Å². The quantitative estimate of drug-likeness (QED) is 0.795. The van der Waals surface area contributed by atoms with Gasteiger partial charge >= 0.3 is 0 Å². The minimum atomic E-state index is 0.351. The van der Waals surface area contributed by atoms with E-state index >= 15 is 0 Å². The second-order valence-corrected chi connectivity index (χ2v) is 7.05. The van der Waals surface area contributed by atoms with Crippen molar-refractivity contribution >= 4 is 0 Å². The molecule has 0 aliphatic carbocycles. The Balaban J connectivity index is 2.49. The topological polar surface area (TPSA) is 15.3 Å². The molecule has 102 valence electrons. The Bertz CT molecular complexity index is 209. The molecule has 0 amide bonds. The van der Waals surface area contributed by atoms with Gasteiger partial charge in [0.1, 0.15) is 0 Å². The molecule has 1 aliphatic rings. The third kappa shape index (κ3) is 4.59. The summed E-state index contributed by atoms with van der Waals surface area (Å²) in [6.07, 6.45) is 1.22. The molecular formula is C15H32N2. The van der Waals surface area contributed by atoms with E-state index in [1.807, 2.05) is 0 Å². The van der Waals surface area contributed by atoms with Crippen LogP contribution in [0.15, 0.2) is 0 Å². The van der Waals surface area contributed by atoms with Crippen molar-refractivity contribution in [3.8, 4) is 0 Å². The lowest BCUT2D eigenvalue weighted by Crippen LogP contribution is -2.48. The fourth-order valence-electron chi connectivity index (χ4n) is 2.62. The summed E-state index contributed by atoms with van der Waals surface area (Å²) in [5.41, 5.74) is 0.351. The maximum Gasteiger partial charge on any atom is 0.0243 e. The molecule has 3 unspecified atom stereocenters. The van der Waals surface area contributed by atoms with Crippen molar-refractivity contribution in [3.05, 3.63) is 0 Å². The minimum absolute atomic E-state index is 0.351. The van der Waals surface area contributed by atoms with E-state index in [4.69, 9.17) is 0 Å². The molecule has 1 aliphatic heterocycles. The predicted molar refractivity (Wildman–Crippen MR) is 76.3 cm³/mol. The van der Waals surface area contributed by atoms with Crippen molar-refractivity contribution in [2.75, 3.05) is 26.2 Å². The molecule has 0 spiro atoms. The number of nitrogens with one attached hydrogen (secondary N) is 1. The Hall–Kier alpha value is -0.0800. The van der Waals surface area contributed by atoms with E-state index in [1.54, 1.807) is 0 Å². The van der Waals surface area contributed by atoms with Crippen LogP contribution < -0.4 is 5.32 Å². The van der Waals surface area contributed by atoms with Crippen LogP contribution in [0.1, 0.15) is 48.0 Å². The van der Waals surface area contributed by atoms with E-state index in [1.165, 1.54) is 26.1 Å². The van der Waals surface area contributed by atoms with Crippen LogP contribution in [0.4, 0.5) is 0 Å². The van der Waals surface area contributed by atoms with Gasteiger partial charge in [-0.1, -0.05) is 41.5 Å². The number of hydrogen-bond donors (Lipinski definition) is 1. The van der Waals surface area contributed by atoms with E-state index in [9.17, 15) is 0 Å². The van der Waals surface area contributed by atoms with Crippen molar-refractivity contribution in [1.29, 1.82) is 0 Å². The highest BCUT2D eigenvalue weighted by atomic mass is 15.2. The van der Waals surface area contributed by atoms with Gasteiger partial charge in [-0.25, -0.2) is 0 Å². The molecule has 1 fully saturated rings. The van der Waals surface area contributed by atoms with Crippen LogP contribution >= 0.6 is 0 Å². The normalized spacial score (nSPS) is 28.6. The zero-order chi connectivity index (χ0) is 13.1. The van der Waals surface area contributed by atoms with Gasteiger partial charge in [-0.2, -0.15) is 0 Å². The summed E-state index contributed by atoms with van der Waals surface area (Å²) in [4.78, 5) is 2.65. The van der Waals surface area contributed by atoms with Crippen molar-refractivity contribution in [3.63, 3.8) is 0 Å². The van der Waals surface area contributed by atoms with Gasteiger partial charge in [-0.15, -0.1) is 0 Å². The molecule has 1 heterocycles. The maximum atomic E-state index is 3.72. The van der Waals surface area contributed by atoms with Crippen LogP contribution in [-0.4, -0.2) is 37.1 Å². The highest BCUT2D eigenvalue weighted by molar-refractivity contribution is 4.87. The first-order valence-electron chi connectivity index (χ1n) is 7.30. The van der Waals surface area contributed by atoms with E-state index < -0.39 is 0 Å². The standard InChI is InChI=1S/C15H32N2/c1-7-8-16-14(15(4,5)6)11-17-9-12(2)13(3)10-17/h12-14,16H,7-11H2,1-6H3. The Labute approximate surface area is 108 Å². The van der Waals surface area contributed by atoms with Crippen molar-refractivity contribution in [2.45, 2.75) is 54.0 Å². The first-order valence-corrected chi connectivity index (χ1v) is 7.30. The molecule has 2 nitrogen and oxygen atoms in total. The average molecular weight is 240 g/mol. The van der Waals surface area contributed by atoms with Gasteiger partial charge in [0.2, 0.25) is 0 Å². The lowest BCUT2D eigenvalue weighted by molar-refractivity contribution is 0.190. The molecule has 2 heteroatoms. The molecule has 0 aromatic rings. The fourth-order valence-corrected chi connectivity index (χ4v) is 2.62. The van der Waals surface area contributed by atoms with Gasteiger partial charge in [0, 0.05) is 25.7 Å². The van der Waals surface area contributed by atoms with E-state index in [2.05, 4.69) is 51.8 Å². The smallest absolute Gasteiger partial charge is 0.0243 e. The second kappa shape index (κ2) is 6.19. The van der Waals surface area contributed by atoms with Crippen LogP contribution in [-0.2, 0) is 0 Å². The third-order valence-electron chi connectivity index (χ3n) is 4.19. The highest BCUT2D eigenvalue weighted by Gasteiger charge is 2.31. The molecular weight excluding hydrogens is 208 g/mol. The molecule has 17 heavy (non-hydrogen) atoms. The van der Waals surface area contributed by atoms with E-state index in [0.29, 0.717) is 11.5 Å². The van der Waals surface area contributed by atoms with E-state index in [-0.39, 0.29) is 0 Å². The van der Waals surface area contributed by atoms with Crippen LogP contribution in [0.3, 0.4) is 0 Å². The Morgan fingerprint density at radius 1 is 1.18 bits per heavy atom. The molecule has 0 aromatic heterocycles. The predicted octanol–water partition coefficient (Wildman–Crippen LogP) is 2.99. The largest absolute Gasteiger partial charge is 0.312 e. The van der Waals surface area contributed by atoms with Gasteiger partial charge in [0.15, 0.2) is 0 Å². The van der Waals surface area contributed by atoms with Crippen LogP contribution in [0.2, 0.25) is 0 Å². The summed E-state index contributed by atoms with van der Waals surface area (Å²) >= 11 is 0. The molecule has 0 saturated carbocycles. The van der Waals surface area contributed by atoms with Crippen LogP contribution in [0.25, 0.3) is 0 Å². The Kier molecular flexibility index (Phi) is 5.46. The Morgan fingerprint density at radius 2 is 1.71 bits per heavy atom. The van der Waals surface area contributed by atoms with Crippen molar-refractivity contribution in [1.82, 2.24) is 10.2 Å². The number of rotatable bonds is 5. The van der Waals surface area contributed by atoms with Gasteiger partial charge in [-0.05, 0) is 30.2 Å². The molecule has 1 rings (SSSR count). The molecule has 0 radical (unpaired) electrons.